The summed E-state index contributed by atoms with van der Waals surface area (Å²) >= 11 is 0. The van der Waals surface area contributed by atoms with Crippen molar-refractivity contribution < 1.29 is 14.6 Å². The Bertz CT molecular complexity index is 424. The third-order valence-corrected chi connectivity index (χ3v) is 2.26. The van der Waals surface area contributed by atoms with E-state index in [1.54, 1.807) is 26.0 Å². The highest BCUT2D eigenvalue weighted by Crippen LogP contribution is 2.00. The lowest BCUT2D eigenvalue weighted by Crippen LogP contribution is -2.34. The number of aromatic nitrogens is 1. The number of carbonyl (C=O) groups is 1. The molecule has 0 aliphatic heterocycles. The number of pyridine rings is 1. The Morgan fingerprint density at radius 1 is 1.56 bits per heavy atom. The molecule has 0 aliphatic carbocycles. The van der Waals surface area contributed by atoms with Gasteiger partial charge < -0.3 is 14.4 Å². The van der Waals surface area contributed by atoms with E-state index >= 15 is 0 Å². The van der Waals surface area contributed by atoms with Gasteiger partial charge in [0.1, 0.15) is 0 Å². The monoisotopic (exact) mass is 225 g/mol. The topological polar surface area (TPSA) is 68.5 Å². The molecular formula is C11H15NO4. The van der Waals surface area contributed by atoms with E-state index < -0.39 is 12.1 Å². The standard InChI is InChI=1S/C11H15NO4/c1-3-16-9(11(14)15)7-12-8(2)5-4-6-10(12)13/h4-6,9H,3,7H2,1-2H3,(H,14,15). The molecule has 1 aromatic heterocycles. The highest BCUT2D eigenvalue weighted by atomic mass is 16.5. The molecule has 1 atom stereocenters. The molecule has 1 unspecified atom stereocenters. The van der Waals surface area contributed by atoms with Gasteiger partial charge in [0.05, 0.1) is 6.54 Å². The Morgan fingerprint density at radius 3 is 2.75 bits per heavy atom. The fraction of sp³-hybridized carbons (Fsp3) is 0.455. The Morgan fingerprint density at radius 2 is 2.25 bits per heavy atom. The van der Waals surface area contributed by atoms with Crippen LogP contribution in [-0.4, -0.2) is 28.4 Å². The first-order valence-corrected chi connectivity index (χ1v) is 5.07. The van der Waals surface area contributed by atoms with Gasteiger partial charge in [-0.15, -0.1) is 0 Å². The molecule has 1 aromatic rings. The molecule has 1 N–H and O–H groups in total. The van der Waals surface area contributed by atoms with Crippen LogP contribution in [0.3, 0.4) is 0 Å². The minimum atomic E-state index is -1.06. The molecule has 0 spiro atoms. The second-order valence-corrected chi connectivity index (χ2v) is 3.40. The van der Waals surface area contributed by atoms with Crippen LogP contribution in [-0.2, 0) is 16.1 Å². The van der Waals surface area contributed by atoms with Crippen molar-refractivity contribution in [3.05, 3.63) is 34.2 Å². The van der Waals surface area contributed by atoms with Gasteiger partial charge in [-0.2, -0.15) is 0 Å². The minimum absolute atomic E-state index is 0.0364. The average Bonchev–Trinajstić information content (AvgIpc) is 2.21. The maximum absolute atomic E-state index is 11.5. The molecular weight excluding hydrogens is 210 g/mol. The molecule has 5 heteroatoms. The lowest BCUT2D eigenvalue weighted by atomic mass is 10.3. The highest BCUT2D eigenvalue weighted by molar-refractivity contribution is 5.72. The van der Waals surface area contributed by atoms with Crippen molar-refractivity contribution in [3.63, 3.8) is 0 Å². The van der Waals surface area contributed by atoms with Gasteiger partial charge >= 0.3 is 5.97 Å². The van der Waals surface area contributed by atoms with Crippen molar-refractivity contribution in [1.29, 1.82) is 0 Å². The third kappa shape index (κ3) is 2.93. The molecule has 0 radical (unpaired) electrons. The number of carboxylic acids is 1. The maximum Gasteiger partial charge on any atom is 0.334 e. The van der Waals surface area contributed by atoms with Gasteiger partial charge in [0.2, 0.25) is 0 Å². The fourth-order valence-electron chi connectivity index (χ4n) is 1.43. The molecule has 0 fully saturated rings. The van der Waals surface area contributed by atoms with Crippen LogP contribution in [0.15, 0.2) is 23.0 Å². The molecule has 5 nitrogen and oxygen atoms in total. The van der Waals surface area contributed by atoms with Gasteiger partial charge in [-0.3, -0.25) is 4.79 Å². The predicted octanol–water partition coefficient (Wildman–Crippen LogP) is 0.646. The second kappa shape index (κ2) is 5.46. The lowest BCUT2D eigenvalue weighted by Gasteiger charge is -2.15. The molecule has 0 aliphatic rings. The van der Waals surface area contributed by atoms with Crippen LogP contribution in [0.1, 0.15) is 12.6 Å². The van der Waals surface area contributed by atoms with Gasteiger partial charge in [0.25, 0.3) is 5.56 Å². The van der Waals surface area contributed by atoms with E-state index in [1.807, 2.05) is 0 Å². The van der Waals surface area contributed by atoms with Crippen molar-refractivity contribution >= 4 is 5.97 Å². The summed E-state index contributed by atoms with van der Waals surface area (Å²) < 4.78 is 6.46. The number of rotatable bonds is 5. The predicted molar refractivity (Wildman–Crippen MR) is 58.5 cm³/mol. The number of aliphatic carboxylic acids is 1. The highest BCUT2D eigenvalue weighted by Gasteiger charge is 2.19. The molecule has 1 heterocycles. The summed E-state index contributed by atoms with van der Waals surface area (Å²) in [5.74, 6) is -1.06. The first-order valence-electron chi connectivity index (χ1n) is 5.07. The van der Waals surface area contributed by atoms with E-state index in [2.05, 4.69) is 0 Å². The number of carboxylic acid groups (broad SMARTS) is 1. The number of nitrogens with zero attached hydrogens (tertiary/aromatic N) is 1. The number of hydrogen-bond acceptors (Lipinski definition) is 3. The average molecular weight is 225 g/mol. The summed E-state index contributed by atoms with van der Waals surface area (Å²) in [6.07, 6.45) is -0.983. The Balaban J connectivity index is 2.93. The van der Waals surface area contributed by atoms with Gasteiger partial charge in [-0.25, -0.2) is 4.79 Å². The van der Waals surface area contributed by atoms with E-state index in [9.17, 15) is 9.59 Å². The first kappa shape index (κ1) is 12.4. The number of hydrogen-bond donors (Lipinski definition) is 1. The van der Waals surface area contributed by atoms with Crippen molar-refractivity contribution in [2.75, 3.05) is 6.61 Å². The van der Waals surface area contributed by atoms with Crippen LogP contribution in [0.4, 0.5) is 0 Å². The van der Waals surface area contributed by atoms with E-state index in [0.29, 0.717) is 6.61 Å². The molecule has 16 heavy (non-hydrogen) atoms. The van der Waals surface area contributed by atoms with Crippen LogP contribution in [0.2, 0.25) is 0 Å². The quantitative estimate of drug-likeness (QED) is 0.798. The largest absolute Gasteiger partial charge is 0.479 e. The summed E-state index contributed by atoms with van der Waals surface area (Å²) in [5, 5.41) is 8.91. The summed E-state index contributed by atoms with van der Waals surface area (Å²) in [5.41, 5.74) is 0.504. The van der Waals surface area contributed by atoms with Gasteiger partial charge in [0, 0.05) is 18.4 Å². The van der Waals surface area contributed by atoms with Crippen LogP contribution in [0.5, 0.6) is 0 Å². The molecule has 0 aromatic carbocycles. The van der Waals surface area contributed by atoms with Gasteiger partial charge in [0.15, 0.2) is 6.10 Å². The van der Waals surface area contributed by atoms with Gasteiger partial charge in [-0.1, -0.05) is 6.07 Å². The Hall–Kier alpha value is -1.62. The van der Waals surface area contributed by atoms with Crippen molar-refractivity contribution in [2.24, 2.45) is 0 Å². The summed E-state index contributed by atoms with van der Waals surface area (Å²) in [7, 11) is 0. The molecule has 88 valence electrons. The van der Waals surface area contributed by atoms with Crippen molar-refractivity contribution in [3.8, 4) is 0 Å². The van der Waals surface area contributed by atoms with E-state index in [-0.39, 0.29) is 12.1 Å². The van der Waals surface area contributed by atoms with Crippen LogP contribution >= 0.6 is 0 Å². The summed E-state index contributed by atoms with van der Waals surface area (Å²) in [6.45, 7) is 3.81. The maximum atomic E-state index is 11.5. The van der Waals surface area contributed by atoms with Gasteiger partial charge in [-0.05, 0) is 19.9 Å². The van der Waals surface area contributed by atoms with Crippen LogP contribution in [0.25, 0.3) is 0 Å². The zero-order chi connectivity index (χ0) is 12.1. The molecule has 0 saturated carbocycles. The van der Waals surface area contributed by atoms with E-state index in [4.69, 9.17) is 9.84 Å². The second-order valence-electron chi connectivity index (χ2n) is 3.40. The van der Waals surface area contributed by atoms with Crippen LogP contribution < -0.4 is 5.56 Å². The zero-order valence-corrected chi connectivity index (χ0v) is 9.34. The normalized spacial score (nSPS) is 12.4. The molecule has 0 amide bonds. The summed E-state index contributed by atoms with van der Waals surface area (Å²) in [6, 6.07) is 4.80. The summed E-state index contributed by atoms with van der Waals surface area (Å²) in [4.78, 5) is 22.4. The third-order valence-electron chi connectivity index (χ3n) is 2.26. The SMILES string of the molecule is CCOC(Cn1c(C)cccc1=O)C(=O)O. The first-order chi connectivity index (χ1) is 7.56. The minimum Gasteiger partial charge on any atom is -0.479 e. The Kier molecular flexibility index (Phi) is 4.25. The molecule has 0 bridgehead atoms. The molecule has 1 rings (SSSR count). The van der Waals surface area contributed by atoms with Crippen molar-refractivity contribution in [2.45, 2.75) is 26.5 Å². The molecule has 0 saturated heterocycles. The number of aryl methyl sites for hydroxylation is 1. The number of ether oxygens (including phenoxy) is 1. The Labute approximate surface area is 93.3 Å². The fourth-order valence-corrected chi connectivity index (χ4v) is 1.43. The lowest BCUT2D eigenvalue weighted by molar-refractivity contribution is -0.151. The van der Waals surface area contributed by atoms with E-state index in [0.717, 1.165) is 5.69 Å². The van der Waals surface area contributed by atoms with Crippen LogP contribution in [0, 0.1) is 6.92 Å². The smallest absolute Gasteiger partial charge is 0.334 e. The zero-order valence-electron chi connectivity index (χ0n) is 9.34. The van der Waals surface area contributed by atoms with E-state index in [1.165, 1.54) is 10.6 Å². The van der Waals surface area contributed by atoms with Crippen molar-refractivity contribution in [1.82, 2.24) is 4.57 Å².